The second-order valence-electron chi connectivity index (χ2n) is 6.24. The molecule has 1 unspecified atom stereocenters. The van der Waals surface area contributed by atoms with Crippen molar-refractivity contribution in [1.82, 2.24) is 14.8 Å². The van der Waals surface area contributed by atoms with Crippen LogP contribution in [-0.4, -0.2) is 31.6 Å². The van der Waals surface area contributed by atoms with E-state index in [0.717, 1.165) is 15.6 Å². The lowest BCUT2D eigenvalue weighted by atomic mass is 10.0. The van der Waals surface area contributed by atoms with E-state index >= 15 is 0 Å². The number of aromatic nitrogens is 3. The van der Waals surface area contributed by atoms with Crippen LogP contribution in [0, 0.1) is 0 Å². The molecule has 27 heavy (non-hydrogen) atoms. The topological polar surface area (TPSA) is 105 Å². The van der Waals surface area contributed by atoms with Crippen molar-refractivity contribution in [2.24, 2.45) is 0 Å². The molecule has 4 rings (SSSR count). The number of nitrogens with one attached hydrogen (secondary N) is 1. The normalized spacial score (nSPS) is 12.3. The summed E-state index contributed by atoms with van der Waals surface area (Å²) in [5, 5.41) is 14.7. The molecule has 0 bridgehead atoms. The highest BCUT2D eigenvalue weighted by Gasteiger charge is 2.25. The number of fused-ring (bicyclic) bond motifs is 2. The summed E-state index contributed by atoms with van der Waals surface area (Å²) in [6, 6.07) is 12.7. The van der Waals surface area contributed by atoms with Gasteiger partial charge in [0.15, 0.2) is 11.5 Å². The van der Waals surface area contributed by atoms with Crippen LogP contribution >= 0.6 is 0 Å². The minimum absolute atomic E-state index is 0.212. The summed E-state index contributed by atoms with van der Waals surface area (Å²) < 4.78 is 0.954. The second kappa shape index (κ2) is 6.21. The van der Waals surface area contributed by atoms with Crippen molar-refractivity contribution in [1.29, 1.82) is 0 Å². The first-order chi connectivity index (χ1) is 13.0. The summed E-state index contributed by atoms with van der Waals surface area (Å²) in [6.07, 6.45) is 1.59. The van der Waals surface area contributed by atoms with Gasteiger partial charge in [-0.1, -0.05) is 36.4 Å². The van der Waals surface area contributed by atoms with Gasteiger partial charge in [-0.05, 0) is 19.1 Å². The molecule has 2 aromatic heterocycles. The SMILES string of the molecule is CC(C(=O)c1c[nH]c2ccccc12)n1nc(C(=O)O)c2ccccc2c1=O. The van der Waals surface area contributed by atoms with Gasteiger partial charge in [-0.3, -0.25) is 9.59 Å². The van der Waals surface area contributed by atoms with Crippen LogP contribution in [-0.2, 0) is 0 Å². The molecule has 2 heterocycles. The molecule has 7 heteroatoms. The zero-order chi connectivity index (χ0) is 19.1. The molecule has 2 aromatic carbocycles. The van der Waals surface area contributed by atoms with E-state index in [9.17, 15) is 19.5 Å². The van der Waals surface area contributed by atoms with E-state index in [0.29, 0.717) is 5.56 Å². The Morgan fingerprint density at radius 1 is 1.04 bits per heavy atom. The molecule has 4 aromatic rings. The molecule has 0 aliphatic carbocycles. The lowest BCUT2D eigenvalue weighted by Crippen LogP contribution is -2.32. The highest BCUT2D eigenvalue weighted by atomic mass is 16.4. The first-order valence-corrected chi connectivity index (χ1v) is 8.34. The van der Waals surface area contributed by atoms with Crippen molar-refractivity contribution in [2.75, 3.05) is 0 Å². The lowest BCUT2D eigenvalue weighted by molar-refractivity contribution is 0.0687. The average molecular weight is 361 g/mol. The van der Waals surface area contributed by atoms with Crippen LogP contribution in [0.15, 0.2) is 59.5 Å². The van der Waals surface area contributed by atoms with E-state index in [2.05, 4.69) is 10.1 Å². The largest absolute Gasteiger partial charge is 0.476 e. The smallest absolute Gasteiger partial charge is 0.357 e. The van der Waals surface area contributed by atoms with E-state index in [1.54, 1.807) is 25.3 Å². The third kappa shape index (κ3) is 2.60. The van der Waals surface area contributed by atoms with Crippen LogP contribution in [0.25, 0.3) is 21.7 Å². The Labute approximate surface area is 152 Å². The number of hydrogen-bond acceptors (Lipinski definition) is 4. The van der Waals surface area contributed by atoms with E-state index < -0.39 is 17.6 Å². The van der Waals surface area contributed by atoms with Gasteiger partial charge >= 0.3 is 5.97 Å². The Morgan fingerprint density at radius 3 is 2.37 bits per heavy atom. The van der Waals surface area contributed by atoms with Crippen LogP contribution < -0.4 is 5.56 Å². The number of carboxylic acids is 1. The van der Waals surface area contributed by atoms with Crippen LogP contribution in [0.5, 0.6) is 0 Å². The first-order valence-electron chi connectivity index (χ1n) is 8.34. The van der Waals surface area contributed by atoms with Gasteiger partial charge in [-0.2, -0.15) is 5.10 Å². The van der Waals surface area contributed by atoms with Crippen LogP contribution in [0.3, 0.4) is 0 Å². The summed E-state index contributed by atoms with van der Waals surface area (Å²) >= 11 is 0. The van der Waals surface area contributed by atoms with E-state index in [1.165, 1.54) is 12.1 Å². The Morgan fingerprint density at radius 2 is 1.67 bits per heavy atom. The molecular formula is C20H15N3O4. The number of carbonyl (C=O) groups is 2. The Kier molecular flexibility index (Phi) is 3.84. The third-order valence-corrected chi connectivity index (χ3v) is 4.63. The van der Waals surface area contributed by atoms with E-state index in [1.807, 2.05) is 24.3 Å². The number of hydrogen-bond donors (Lipinski definition) is 2. The molecule has 0 saturated carbocycles. The van der Waals surface area contributed by atoms with Gasteiger partial charge in [-0.25, -0.2) is 9.48 Å². The number of para-hydroxylation sites is 1. The van der Waals surface area contributed by atoms with Crippen LogP contribution in [0.1, 0.15) is 33.8 Å². The van der Waals surface area contributed by atoms with Crippen molar-refractivity contribution >= 4 is 33.4 Å². The van der Waals surface area contributed by atoms with Gasteiger partial charge in [0.2, 0.25) is 0 Å². The van der Waals surface area contributed by atoms with Gasteiger partial charge in [0.05, 0.1) is 5.39 Å². The summed E-state index contributed by atoms with van der Waals surface area (Å²) in [5.74, 6) is -1.58. The molecule has 2 N–H and O–H groups in total. The van der Waals surface area contributed by atoms with Crippen molar-refractivity contribution in [2.45, 2.75) is 13.0 Å². The maximum atomic E-state index is 13.0. The maximum Gasteiger partial charge on any atom is 0.357 e. The van der Waals surface area contributed by atoms with Gasteiger partial charge in [0.1, 0.15) is 6.04 Å². The lowest BCUT2D eigenvalue weighted by Gasteiger charge is -2.14. The summed E-state index contributed by atoms with van der Waals surface area (Å²) in [4.78, 5) is 40.5. The summed E-state index contributed by atoms with van der Waals surface area (Å²) in [5.41, 5.74) is 0.468. The average Bonchev–Trinajstić information content (AvgIpc) is 3.11. The number of Topliss-reactive ketones (excluding diaryl/α,β-unsaturated/α-hetero) is 1. The molecule has 0 fully saturated rings. The zero-order valence-electron chi connectivity index (χ0n) is 14.3. The fraction of sp³-hybridized carbons (Fsp3) is 0.100. The molecule has 0 spiro atoms. The van der Waals surface area contributed by atoms with Gasteiger partial charge < -0.3 is 10.1 Å². The summed E-state index contributed by atoms with van der Waals surface area (Å²) in [7, 11) is 0. The summed E-state index contributed by atoms with van der Waals surface area (Å²) in [6.45, 7) is 1.54. The molecule has 0 aliphatic heterocycles. The number of H-pyrrole nitrogens is 1. The predicted octanol–water partition coefficient (Wildman–Crippen LogP) is 3.02. The standard InChI is InChI=1S/C20H15N3O4/c1-11(18(24)15-10-21-16-9-5-4-6-12(15)16)23-19(25)14-8-3-2-7-13(14)17(22-23)20(26)27/h2-11,21H,1H3,(H,26,27). The fourth-order valence-electron chi connectivity index (χ4n) is 3.24. The number of benzene rings is 2. The quantitative estimate of drug-likeness (QED) is 0.544. The molecule has 0 amide bonds. The van der Waals surface area contributed by atoms with Crippen molar-refractivity contribution in [3.05, 3.63) is 76.3 Å². The molecular weight excluding hydrogens is 346 g/mol. The Hall–Kier alpha value is -3.74. The third-order valence-electron chi connectivity index (χ3n) is 4.63. The number of nitrogens with zero attached hydrogens (tertiary/aromatic N) is 2. The molecule has 0 saturated heterocycles. The van der Waals surface area contributed by atoms with Gasteiger partial charge in [0.25, 0.3) is 5.56 Å². The number of aromatic carboxylic acids is 1. The van der Waals surface area contributed by atoms with E-state index in [-0.39, 0.29) is 22.2 Å². The molecule has 0 radical (unpaired) electrons. The monoisotopic (exact) mass is 361 g/mol. The molecule has 134 valence electrons. The number of aromatic amines is 1. The predicted molar refractivity (Wildman–Crippen MR) is 100 cm³/mol. The zero-order valence-corrected chi connectivity index (χ0v) is 14.3. The number of carbonyl (C=O) groups excluding carboxylic acids is 1. The second-order valence-corrected chi connectivity index (χ2v) is 6.24. The number of rotatable bonds is 4. The van der Waals surface area contributed by atoms with Gasteiger partial charge in [0, 0.05) is 28.0 Å². The van der Waals surface area contributed by atoms with Crippen molar-refractivity contribution in [3.8, 4) is 0 Å². The Bertz CT molecular complexity index is 1270. The number of carboxylic acid groups (broad SMARTS) is 1. The molecule has 7 nitrogen and oxygen atoms in total. The van der Waals surface area contributed by atoms with Crippen LogP contribution in [0.2, 0.25) is 0 Å². The molecule has 0 aliphatic rings. The highest BCUT2D eigenvalue weighted by molar-refractivity contribution is 6.09. The Balaban J connectivity index is 1.89. The highest BCUT2D eigenvalue weighted by Crippen LogP contribution is 2.23. The molecule has 1 atom stereocenters. The van der Waals surface area contributed by atoms with Crippen molar-refractivity contribution < 1.29 is 14.7 Å². The first kappa shape index (κ1) is 16.7. The number of ketones is 1. The maximum absolute atomic E-state index is 13.0. The van der Waals surface area contributed by atoms with Crippen molar-refractivity contribution in [3.63, 3.8) is 0 Å². The minimum Gasteiger partial charge on any atom is -0.476 e. The van der Waals surface area contributed by atoms with Crippen LogP contribution in [0.4, 0.5) is 0 Å². The van der Waals surface area contributed by atoms with E-state index in [4.69, 9.17) is 0 Å². The fourth-order valence-corrected chi connectivity index (χ4v) is 3.24. The minimum atomic E-state index is -1.26. The van der Waals surface area contributed by atoms with Gasteiger partial charge in [-0.15, -0.1) is 0 Å².